The van der Waals surface area contributed by atoms with Gasteiger partial charge in [0.2, 0.25) is 10.0 Å². The number of nitrogens with two attached hydrogens (primary N) is 1. The van der Waals surface area contributed by atoms with E-state index in [9.17, 15) is 17.6 Å². The number of benzene rings is 1. The van der Waals surface area contributed by atoms with Crippen molar-refractivity contribution < 1.29 is 17.6 Å². The third-order valence-corrected chi connectivity index (χ3v) is 9.68. The number of fused-ring (bicyclic) bond motifs is 4. The number of nitrogens with zero attached hydrogens (tertiary/aromatic N) is 6. The summed E-state index contributed by atoms with van der Waals surface area (Å²) in [6, 6.07) is 7.28. The van der Waals surface area contributed by atoms with Crippen LogP contribution in [0.1, 0.15) is 67.5 Å². The molecule has 1 unspecified atom stereocenters. The fourth-order valence-electron chi connectivity index (χ4n) is 6.25. The first-order valence-corrected chi connectivity index (χ1v) is 16.1. The number of sulfonamides is 1. The van der Waals surface area contributed by atoms with Crippen LogP contribution in [0.2, 0.25) is 0 Å². The lowest BCUT2D eigenvalue weighted by Gasteiger charge is -2.35. The van der Waals surface area contributed by atoms with Crippen LogP contribution in [0.4, 0.5) is 21.7 Å². The average molecular weight is 585 g/mol. The molecule has 0 spiro atoms. The van der Waals surface area contributed by atoms with E-state index >= 15 is 0 Å². The molecule has 2 aromatic heterocycles. The maximum absolute atomic E-state index is 14.4. The lowest BCUT2D eigenvalue weighted by Crippen LogP contribution is -2.43. The number of rotatable bonds is 2. The van der Waals surface area contributed by atoms with Crippen LogP contribution >= 0.6 is 0 Å². The van der Waals surface area contributed by atoms with Gasteiger partial charge in [-0.15, -0.1) is 0 Å². The number of aromatic nitrogens is 3. The second-order valence-electron chi connectivity index (χ2n) is 11.2. The predicted octanol–water partition coefficient (Wildman–Crippen LogP) is 3.14. The second-order valence-corrected chi connectivity index (χ2v) is 13.1. The fraction of sp³-hybridized carbons (Fsp3) is 0.536. The number of anilines is 3. The molecule has 0 saturated carbocycles. The smallest absolute Gasteiger partial charge is 0.256 e. The zero-order valence-electron chi connectivity index (χ0n) is 23.3. The molecular formula is C28H37FN8O3S. The monoisotopic (exact) mass is 584 g/mol. The van der Waals surface area contributed by atoms with E-state index in [0.29, 0.717) is 50.4 Å². The number of halogens is 1. The molecule has 5 heterocycles. The van der Waals surface area contributed by atoms with Crippen LogP contribution in [0.3, 0.4) is 0 Å². The zero-order chi connectivity index (χ0) is 28.7. The van der Waals surface area contributed by atoms with Gasteiger partial charge in [0.1, 0.15) is 17.5 Å². The molecule has 2 fully saturated rings. The largest absolute Gasteiger partial charge is 0.357 e. The van der Waals surface area contributed by atoms with Crippen molar-refractivity contribution in [2.75, 3.05) is 53.0 Å². The first kappa shape index (κ1) is 27.7. The normalized spacial score (nSPS) is 23.5. The van der Waals surface area contributed by atoms with Crippen molar-refractivity contribution in [1.82, 2.24) is 19.5 Å². The number of carbonyl (C=O) groups excluding carboxylic acids is 1. The van der Waals surface area contributed by atoms with Crippen LogP contribution in [0.15, 0.2) is 30.3 Å². The Labute approximate surface area is 239 Å². The van der Waals surface area contributed by atoms with Crippen LogP contribution in [0.5, 0.6) is 0 Å². The van der Waals surface area contributed by atoms with E-state index in [-0.39, 0.29) is 29.1 Å². The molecule has 220 valence electrons. The molecule has 11 nitrogen and oxygen atoms in total. The number of hydrogen-bond donors (Lipinski definition) is 2. The Bertz CT molecular complexity index is 1560. The van der Waals surface area contributed by atoms with E-state index in [1.165, 1.54) is 6.07 Å². The van der Waals surface area contributed by atoms with E-state index in [0.717, 1.165) is 56.0 Å². The van der Waals surface area contributed by atoms with Crippen molar-refractivity contribution in [3.05, 3.63) is 47.4 Å². The summed E-state index contributed by atoms with van der Waals surface area (Å²) in [5.41, 5.74) is 7.75. The summed E-state index contributed by atoms with van der Waals surface area (Å²) in [6.45, 7) is 5.15. The van der Waals surface area contributed by atoms with E-state index in [4.69, 9.17) is 15.8 Å². The Morgan fingerprint density at radius 1 is 1.07 bits per heavy atom. The summed E-state index contributed by atoms with van der Waals surface area (Å²) in [4.78, 5) is 24.9. The molecule has 2 saturated heterocycles. The van der Waals surface area contributed by atoms with Gasteiger partial charge in [-0.05, 0) is 63.6 Å². The van der Waals surface area contributed by atoms with Crippen LogP contribution in [0.25, 0.3) is 5.65 Å². The Kier molecular flexibility index (Phi) is 7.49. The standard InChI is InChI=1S/C28H37FN8O3S/c1-2-34-12-6-14-41(39,40)33-22-10-9-19(29)15-21(22)28(38)36-13-4-3-8-24(36)23-16-26-31-25(17-27(34)37(26)32-23)35-11-5-7-20(30)18-35/h9-10,15-17,20,24,33H,2-8,11-14,18,30H2,1H3/t20?,24-/m0/s1. The van der Waals surface area contributed by atoms with E-state index in [1.54, 1.807) is 4.90 Å². The maximum Gasteiger partial charge on any atom is 0.256 e. The fourth-order valence-corrected chi connectivity index (χ4v) is 7.37. The molecule has 1 amide bonds. The van der Waals surface area contributed by atoms with Crippen LogP contribution in [-0.2, 0) is 10.0 Å². The quantitative estimate of drug-likeness (QED) is 0.470. The molecule has 3 aliphatic heterocycles. The summed E-state index contributed by atoms with van der Waals surface area (Å²) in [5.74, 6) is 0.437. The summed E-state index contributed by atoms with van der Waals surface area (Å²) in [6.07, 6.45) is 4.68. The molecule has 13 heteroatoms. The molecule has 41 heavy (non-hydrogen) atoms. The lowest BCUT2D eigenvalue weighted by atomic mass is 9.98. The van der Waals surface area contributed by atoms with Gasteiger partial charge in [-0.25, -0.2) is 17.8 Å². The molecule has 0 radical (unpaired) electrons. The van der Waals surface area contributed by atoms with Gasteiger partial charge in [-0.3, -0.25) is 9.52 Å². The molecule has 2 bridgehead atoms. The van der Waals surface area contributed by atoms with E-state index in [2.05, 4.69) is 14.5 Å². The molecule has 2 atom stereocenters. The number of carbonyl (C=O) groups is 1. The third-order valence-electron chi connectivity index (χ3n) is 8.32. The first-order valence-electron chi connectivity index (χ1n) is 14.5. The third kappa shape index (κ3) is 5.56. The Balaban J connectivity index is 1.50. The van der Waals surface area contributed by atoms with Crippen molar-refractivity contribution in [3.63, 3.8) is 0 Å². The molecular weight excluding hydrogens is 547 g/mol. The van der Waals surface area contributed by atoms with Crippen LogP contribution < -0.4 is 20.3 Å². The molecule has 1 aromatic carbocycles. The van der Waals surface area contributed by atoms with Crippen molar-refractivity contribution in [1.29, 1.82) is 0 Å². The SMILES string of the molecule is CCN1CCCS(=O)(=O)Nc2ccc(F)cc2C(=O)N2CCCC[C@H]2c2cc3nc(N4CCCC(N)C4)cc1n3n2. The summed E-state index contributed by atoms with van der Waals surface area (Å²) in [7, 11) is -3.81. The number of amides is 1. The van der Waals surface area contributed by atoms with E-state index < -0.39 is 21.7 Å². The maximum atomic E-state index is 14.4. The van der Waals surface area contributed by atoms with Gasteiger partial charge in [0, 0.05) is 50.9 Å². The molecule has 3 N–H and O–H groups in total. The minimum atomic E-state index is -3.81. The molecule has 3 aromatic rings. The Hall–Kier alpha value is -3.45. The van der Waals surface area contributed by atoms with Gasteiger partial charge >= 0.3 is 0 Å². The highest BCUT2D eigenvalue weighted by atomic mass is 32.2. The van der Waals surface area contributed by atoms with Gasteiger partial charge in [0.15, 0.2) is 5.65 Å². The summed E-state index contributed by atoms with van der Waals surface area (Å²) in [5, 5.41) is 4.99. The van der Waals surface area contributed by atoms with Crippen molar-refractivity contribution >= 4 is 38.9 Å². The minimum absolute atomic E-state index is 0.00293. The van der Waals surface area contributed by atoms with Gasteiger partial charge < -0.3 is 20.4 Å². The number of piperidine rings is 2. The highest BCUT2D eigenvalue weighted by Gasteiger charge is 2.33. The Morgan fingerprint density at radius 3 is 2.73 bits per heavy atom. The number of hydrogen-bond acceptors (Lipinski definition) is 8. The van der Waals surface area contributed by atoms with Crippen molar-refractivity contribution in [3.8, 4) is 0 Å². The average Bonchev–Trinajstić information content (AvgIpc) is 3.39. The van der Waals surface area contributed by atoms with Gasteiger partial charge in [0.05, 0.1) is 28.7 Å². The zero-order valence-corrected chi connectivity index (χ0v) is 24.1. The minimum Gasteiger partial charge on any atom is -0.357 e. The second kappa shape index (κ2) is 11.1. The Morgan fingerprint density at radius 2 is 1.93 bits per heavy atom. The summed E-state index contributed by atoms with van der Waals surface area (Å²) >= 11 is 0. The van der Waals surface area contributed by atoms with Crippen molar-refractivity contribution in [2.45, 2.75) is 57.5 Å². The topological polar surface area (TPSA) is 129 Å². The highest BCUT2D eigenvalue weighted by Crippen LogP contribution is 2.35. The van der Waals surface area contributed by atoms with Crippen LogP contribution in [0, 0.1) is 5.82 Å². The highest BCUT2D eigenvalue weighted by molar-refractivity contribution is 7.92. The van der Waals surface area contributed by atoms with Crippen LogP contribution in [-0.4, -0.2) is 78.3 Å². The molecule has 3 aliphatic rings. The predicted molar refractivity (Wildman–Crippen MR) is 156 cm³/mol. The van der Waals surface area contributed by atoms with Gasteiger partial charge in [-0.1, -0.05) is 0 Å². The lowest BCUT2D eigenvalue weighted by molar-refractivity contribution is 0.0606. The van der Waals surface area contributed by atoms with Gasteiger partial charge in [-0.2, -0.15) is 9.61 Å². The first-order chi connectivity index (χ1) is 19.7. The summed E-state index contributed by atoms with van der Waals surface area (Å²) < 4.78 is 45.0. The van der Waals surface area contributed by atoms with Crippen molar-refractivity contribution in [2.24, 2.45) is 5.73 Å². The van der Waals surface area contributed by atoms with E-state index in [1.807, 2.05) is 23.6 Å². The number of nitrogens with one attached hydrogen (secondary N) is 1. The molecule has 6 rings (SSSR count). The van der Waals surface area contributed by atoms with Gasteiger partial charge in [0.25, 0.3) is 5.91 Å². The molecule has 0 aliphatic carbocycles.